The van der Waals surface area contributed by atoms with Crippen molar-refractivity contribution in [1.82, 2.24) is 15.3 Å². The van der Waals surface area contributed by atoms with Gasteiger partial charge in [-0.05, 0) is 32.2 Å². The van der Waals surface area contributed by atoms with Gasteiger partial charge in [0.15, 0.2) is 0 Å². The van der Waals surface area contributed by atoms with E-state index in [0.717, 1.165) is 23.9 Å². The lowest BCUT2D eigenvalue weighted by molar-refractivity contribution is 0.515. The summed E-state index contributed by atoms with van der Waals surface area (Å²) in [5, 5.41) is 3.03. The number of hydrogen-bond donors (Lipinski definition) is 2. The van der Waals surface area contributed by atoms with Crippen molar-refractivity contribution in [2.45, 2.75) is 45.1 Å². The molecule has 0 aromatic carbocycles. The summed E-state index contributed by atoms with van der Waals surface area (Å²) < 4.78 is 0. The number of aromatic nitrogens is 2. The van der Waals surface area contributed by atoms with Gasteiger partial charge in [-0.2, -0.15) is 0 Å². The summed E-state index contributed by atoms with van der Waals surface area (Å²) in [6.07, 6.45) is 4.82. The van der Waals surface area contributed by atoms with Crippen LogP contribution in [-0.2, 0) is 6.54 Å². The molecule has 1 aliphatic carbocycles. The third kappa shape index (κ3) is 2.94. The molecule has 2 unspecified atom stereocenters. The van der Waals surface area contributed by atoms with Crippen molar-refractivity contribution in [2.24, 2.45) is 5.92 Å². The second-order valence-electron chi connectivity index (χ2n) is 4.94. The van der Waals surface area contributed by atoms with Crippen LogP contribution in [0.15, 0.2) is 10.9 Å². The smallest absolute Gasteiger partial charge is 0.251 e. The minimum atomic E-state index is -0.0276. The van der Waals surface area contributed by atoms with Gasteiger partial charge in [-0.1, -0.05) is 13.3 Å². The molecule has 4 nitrogen and oxygen atoms in total. The van der Waals surface area contributed by atoms with Gasteiger partial charge in [-0.15, -0.1) is 0 Å². The molecule has 94 valence electrons. The van der Waals surface area contributed by atoms with E-state index in [1.165, 1.54) is 19.3 Å². The van der Waals surface area contributed by atoms with Crippen LogP contribution >= 0.6 is 0 Å². The van der Waals surface area contributed by atoms with E-state index in [0.29, 0.717) is 12.5 Å². The highest BCUT2D eigenvalue weighted by Gasteiger charge is 2.26. The summed E-state index contributed by atoms with van der Waals surface area (Å²) >= 11 is 0. The van der Waals surface area contributed by atoms with Crippen LogP contribution in [0.4, 0.5) is 0 Å². The lowest BCUT2D eigenvalue weighted by atomic mass is 10.0. The monoisotopic (exact) mass is 235 g/mol. The van der Waals surface area contributed by atoms with Gasteiger partial charge in [-0.25, -0.2) is 4.98 Å². The molecule has 0 aliphatic heterocycles. The molecule has 4 heteroatoms. The van der Waals surface area contributed by atoms with Crippen LogP contribution in [0.1, 0.15) is 50.0 Å². The second kappa shape index (κ2) is 5.45. The Bertz CT molecular complexity index is 427. The summed E-state index contributed by atoms with van der Waals surface area (Å²) in [5.41, 5.74) is 0.811. The molecule has 1 aromatic heterocycles. The highest BCUT2D eigenvalue weighted by molar-refractivity contribution is 5.07. The Labute approximate surface area is 102 Å². The Morgan fingerprint density at radius 3 is 3.00 bits per heavy atom. The van der Waals surface area contributed by atoms with Crippen molar-refractivity contribution >= 4 is 0 Å². The molecule has 1 aromatic rings. The van der Waals surface area contributed by atoms with Crippen LogP contribution in [0.5, 0.6) is 0 Å². The zero-order chi connectivity index (χ0) is 12.3. The van der Waals surface area contributed by atoms with Gasteiger partial charge in [0.1, 0.15) is 5.82 Å². The van der Waals surface area contributed by atoms with E-state index in [1.807, 2.05) is 7.05 Å². The van der Waals surface area contributed by atoms with Crippen molar-refractivity contribution in [3.63, 3.8) is 0 Å². The predicted molar refractivity (Wildman–Crippen MR) is 68.0 cm³/mol. The summed E-state index contributed by atoms with van der Waals surface area (Å²) in [4.78, 5) is 19.0. The maximum atomic E-state index is 11.6. The van der Waals surface area contributed by atoms with Gasteiger partial charge in [0.05, 0.1) is 5.69 Å². The quantitative estimate of drug-likeness (QED) is 0.836. The van der Waals surface area contributed by atoms with E-state index in [9.17, 15) is 4.79 Å². The lowest BCUT2D eigenvalue weighted by Gasteiger charge is -2.10. The van der Waals surface area contributed by atoms with E-state index in [1.54, 1.807) is 6.07 Å². The lowest BCUT2D eigenvalue weighted by Crippen LogP contribution is -2.18. The first-order valence-electron chi connectivity index (χ1n) is 6.47. The van der Waals surface area contributed by atoms with Gasteiger partial charge in [0, 0.05) is 18.5 Å². The fourth-order valence-electron chi connectivity index (χ4n) is 2.69. The fourth-order valence-corrected chi connectivity index (χ4v) is 2.69. The van der Waals surface area contributed by atoms with E-state index < -0.39 is 0 Å². The van der Waals surface area contributed by atoms with Gasteiger partial charge in [0.25, 0.3) is 5.56 Å². The van der Waals surface area contributed by atoms with Crippen molar-refractivity contribution in [1.29, 1.82) is 0 Å². The minimum absolute atomic E-state index is 0.0276. The molecule has 2 N–H and O–H groups in total. The largest absolute Gasteiger partial charge is 0.314 e. The molecule has 1 heterocycles. The number of hydrogen-bond acceptors (Lipinski definition) is 3. The van der Waals surface area contributed by atoms with Crippen LogP contribution in [0, 0.1) is 5.92 Å². The Balaban J connectivity index is 2.18. The van der Waals surface area contributed by atoms with Crippen LogP contribution in [0.2, 0.25) is 0 Å². The molecule has 1 aliphatic rings. The van der Waals surface area contributed by atoms with E-state index in [4.69, 9.17) is 0 Å². The molecule has 1 saturated carbocycles. The Morgan fingerprint density at radius 1 is 1.53 bits per heavy atom. The molecule has 17 heavy (non-hydrogen) atoms. The van der Waals surface area contributed by atoms with Gasteiger partial charge in [0.2, 0.25) is 0 Å². The number of nitrogens with one attached hydrogen (secondary N) is 2. The molecule has 0 bridgehead atoms. The first-order chi connectivity index (χ1) is 8.22. The van der Waals surface area contributed by atoms with Gasteiger partial charge >= 0.3 is 0 Å². The standard InChI is InChI=1S/C13H21N3O/c1-3-9-4-5-10(6-9)13-15-11(8-14-2)7-12(17)16-13/h7,9-10,14H,3-6,8H2,1-2H3,(H,15,16,17). The third-order valence-electron chi connectivity index (χ3n) is 3.68. The van der Waals surface area contributed by atoms with Crippen molar-refractivity contribution in [3.05, 3.63) is 27.9 Å². The maximum Gasteiger partial charge on any atom is 0.251 e. The van der Waals surface area contributed by atoms with Crippen molar-refractivity contribution in [3.8, 4) is 0 Å². The maximum absolute atomic E-state index is 11.6. The molecule has 1 fully saturated rings. The highest BCUT2D eigenvalue weighted by atomic mass is 16.1. The van der Waals surface area contributed by atoms with Crippen molar-refractivity contribution in [2.75, 3.05) is 7.05 Å². The summed E-state index contributed by atoms with van der Waals surface area (Å²) in [6.45, 7) is 2.89. The minimum Gasteiger partial charge on any atom is -0.314 e. The zero-order valence-electron chi connectivity index (χ0n) is 10.6. The molecule has 2 rings (SSSR count). The average Bonchev–Trinajstić information content (AvgIpc) is 2.77. The summed E-state index contributed by atoms with van der Waals surface area (Å²) in [6, 6.07) is 1.58. The Kier molecular flexibility index (Phi) is 3.94. The molecule has 2 atom stereocenters. The van der Waals surface area contributed by atoms with Crippen LogP contribution < -0.4 is 10.9 Å². The van der Waals surface area contributed by atoms with Gasteiger partial charge in [-0.3, -0.25) is 4.79 Å². The first kappa shape index (κ1) is 12.3. The summed E-state index contributed by atoms with van der Waals surface area (Å²) in [5.74, 6) is 2.14. The topological polar surface area (TPSA) is 57.8 Å². The van der Waals surface area contributed by atoms with E-state index in [-0.39, 0.29) is 5.56 Å². The number of rotatable bonds is 4. The van der Waals surface area contributed by atoms with E-state index in [2.05, 4.69) is 22.2 Å². The molecule has 0 radical (unpaired) electrons. The third-order valence-corrected chi connectivity index (χ3v) is 3.68. The molecule has 0 amide bonds. The molecule has 0 saturated heterocycles. The Morgan fingerprint density at radius 2 is 2.35 bits per heavy atom. The van der Waals surface area contributed by atoms with Crippen LogP contribution in [0.25, 0.3) is 0 Å². The van der Waals surface area contributed by atoms with Crippen LogP contribution in [0.3, 0.4) is 0 Å². The first-order valence-corrected chi connectivity index (χ1v) is 6.47. The van der Waals surface area contributed by atoms with Crippen molar-refractivity contribution < 1.29 is 0 Å². The molecular weight excluding hydrogens is 214 g/mol. The zero-order valence-corrected chi connectivity index (χ0v) is 10.6. The Hall–Kier alpha value is -1.16. The average molecular weight is 235 g/mol. The second-order valence-corrected chi connectivity index (χ2v) is 4.94. The van der Waals surface area contributed by atoms with Crippen LogP contribution in [-0.4, -0.2) is 17.0 Å². The highest BCUT2D eigenvalue weighted by Crippen LogP contribution is 2.37. The normalized spacial score (nSPS) is 24.1. The van der Waals surface area contributed by atoms with E-state index >= 15 is 0 Å². The predicted octanol–water partition coefficient (Wildman–Crippen LogP) is 1.78. The number of aromatic amines is 1. The number of H-pyrrole nitrogens is 1. The SMILES string of the molecule is CCC1CCC(c2nc(CNC)cc(=O)[nH]2)C1. The molecular formula is C13H21N3O. The summed E-state index contributed by atoms with van der Waals surface area (Å²) in [7, 11) is 1.87. The fraction of sp³-hybridized carbons (Fsp3) is 0.692. The molecule has 0 spiro atoms. The number of nitrogens with zero attached hydrogens (tertiary/aromatic N) is 1. The van der Waals surface area contributed by atoms with Gasteiger partial charge < -0.3 is 10.3 Å².